The molecule has 2 aromatic rings. The largest absolute Gasteiger partial charge is 0.395 e. The Morgan fingerprint density at radius 2 is 1.95 bits per heavy atom. The van der Waals surface area contributed by atoms with Crippen LogP contribution in [0.1, 0.15) is 34.8 Å². The van der Waals surface area contributed by atoms with Crippen LogP contribution in [0.25, 0.3) is 0 Å². The molecule has 0 aliphatic carbocycles. The van der Waals surface area contributed by atoms with Gasteiger partial charge in [0.25, 0.3) is 5.91 Å². The second kappa shape index (κ2) is 5.00. The molecule has 0 saturated carbocycles. The van der Waals surface area contributed by atoms with Gasteiger partial charge in [-0.15, -0.1) is 0 Å². The smallest absolute Gasteiger partial charge is 0.255 e. The minimum Gasteiger partial charge on any atom is -0.395 e. The first-order chi connectivity index (χ1) is 10.0. The second-order valence-electron chi connectivity index (χ2n) is 5.12. The quantitative estimate of drug-likeness (QED) is 0.853. The molecule has 2 aromatic carbocycles. The van der Waals surface area contributed by atoms with Crippen molar-refractivity contribution in [2.24, 2.45) is 0 Å². The highest BCUT2D eigenvalue weighted by Gasteiger charge is 2.37. The molecule has 0 radical (unpaired) electrons. The normalized spacial score (nSPS) is 18.3. The number of nitrogens with two attached hydrogens (primary N) is 1. The summed E-state index contributed by atoms with van der Waals surface area (Å²) in [5, 5.41) is 0.367. The molecule has 1 amide bonds. The molecule has 1 unspecified atom stereocenters. The molecule has 1 aliphatic heterocycles. The highest BCUT2D eigenvalue weighted by molar-refractivity contribution is 6.33. The van der Waals surface area contributed by atoms with Crippen LogP contribution in [0.2, 0.25) is 5.02 Å². The summed E-state index contributed by atoms with van der Waals surface area (Å²) in [5.41, 5.74) is 5.05. The fourth-order valence-corrected chi connectivity index (χ4v) is 3.07. The molecule has 0 bridgehead atoms. The number of amides is 1. The summed E-state index contributed by atoms with van der Waals surface area (Å²) >= 11 is 6.05. The summed E-state index contributed by atoms with van der Waals surface area (Å²) in [6.45, 7) is 0.521. The van der Waals surface area contributed by atoms with Gasteiger partial charge in [-0.05, 0) is 25.0 Å². The monoisotopic (exact) mass is 304 g/mol. The second-order valence-corrected chi connectivity index (χ2v) is 5.53. The number of hydrogen-bond donors (Lipinski definition) is 1. The predicted molar refractivity (Wildman–Crippen MR) is 80.2 cm³/mol. The van der Waals surface area contributed by atoms with Gasteiger partial charge in [-0.3, -0.25) is 14.4 Å². The molecule has 6 heteroatoms. The molecule has 1 aliphatic rings. The molecule has 1 fully saturated rings. The molecule has 2 N–H and O–H groups in total. The number of anilines is 1. The highest BCUT2D eigenvalue weighted by Crippen LogP contribution is 2.34. The number of likely N-dealkylation sites (tertiary alicyclic amines) is 1. The van der Waals surface area contributed by atoms with Crippen LogP contribution in [0.5, 0.6) is 0 Å². The van der Waals surface area contributed by atoms with Crippen molar-refractivity contribution < 1.29 is 4.79 Å². The predicted octanol–water partition coefficient (Wildman–Crippen LogP) is 1.50. The zero-order valence-corrected chi connectivity index (χ0v) is 11.9. The third-order valence-electron chi connectivity index (χ3n) is 3.94. The van der Waals surface area contributed by atoms with Gasteiger partial charge in [-0.25, -0.2) is 0 Å². The van der Waals surface area contributed by atoms with Gasteiger partial charge in [0.1, 0.15) is 0 Å². The highest BCUT2D eigenvalue weighted by atomic mass is 35.5. The third-order valence-corrected chi connectivity index (χ3v) is 4.27. The maximum absolute atomic E-state index is 12.6. The lowest BCUT2D eigenvalue weighted by atomic mass is 9.97. The number of benzene rings is 1. The van der Waals surface area contributed by atoms with Crippen LogP contribution in [0.15, 0.2) is 33.9 Å². The number of nitrogens with zero attached hydrogens (tertiary/aromatic N) is 1. The first-order valence-electron chi connectivity index (χ1n) is 6.66. The zero-order chi connectivity index (χ0) is 15.1. The summed E-state index contributed by atoms with van der Waals surface area (Å²) in [4.78, 5) is 37.1. The number of rotatable bonds is 2. The van der Waals surface area contributed by atoms with Crippen molar-refractivity contribution in [3.63, 3.8) is 0 Å². The van der Waals surface area contributed by atoms with Crippen molar-refractivity contribution in [3.05, 3.63) is 60.9 Å². The van der Waals surface area contributed by atoms with E-state index in [9.17, 15) is 14.4 Å². The molecule has 1 saturated heterocycles. The van der Waals surface area contributed by atoms with Crippen molar-refractivity contribution in [3.8, 4) is 0 Å². The molecular weight excluding hydrogens is 292 g/mol. The minimum atomic E-state index is -0.651. The molecular formula is C15H13ClN2O3. The maximum Gasteiger partial charge on any atom is 0.255 e. The fraction of sp³-hybridized carbons (Fsp3) is 0.267. The lowest BCUT2D eigenvalue weighted by Gasteiger charge is -2.26. The average molecular weight is 305 g/mol. The number of halogens is 1. The van der Waals surface area contributed by atoms with E-state index in [0.717, 1.165) is 6.42 Å². The Hall–Kier alpha value is -2.14. The van der Waals surface area contributed by atoms with E-state index in [2.05, 4.69) is 0 Å². The Balaban J connectivity index is 1.96. The summed E-state index contributed by atoms with van der Waals surface area (Å²) in [6, 6.07) is 6.35. The molecule has 3 rings (SSSR count). The third kappa shape index (κ3) is 2.05. The van der Waals surface area contributed by atoms with Crippen LogP contribution in [0.4, 0.5) is 5.69 Å². The van der Waals surface area contributed by atoms with Gasteiger partial charge >= 0.3 is 0 Å². The van der Waals surface area contributed by atoms with Crippen molar-refractivity contribution in [1.29, 1.82) is 0 Å². The molecule has 108 valence electrons. The van der Waals surface area contributed by atoms with Crippen LogP contribution < -0.4 is 16.6 Å². The lowest BCUT2D eigenvalue weighted by Crippen LogP contribution is -2.43. The van der Waals surface area contributed by atoms with E-state index in [4.69, 9.17) is 17.3 Å². The van der Waals surface area contributed by atoms with Gasteiger partial charge in [0.2, 0.25) is 10.9 Å². The van der Waals surface area contributed by atoms with Crippen molar-refractivity contribution >= 4 is 23.2 Å². The van der Waals surface area contributed by atoms with E-state index >= 15 is 0 Å². The molecule has 0 spiro atoms. The number of carbonyl (C=O) groups excluding carboxylic acids is 1. The van der Waals surface area contributed by atoms with Gasteiger partial charge in [0, 0.05) is 6.54 Å². The van der Waals surface area contributed by atoms with Crippen LogP contribution in [-0.4, -0.2) is 17.4 Å². The topological polar surface area (TPSA) is 80.5 Å². The first-order valence-corrected chi connectivity index (χ1v) is 7.04. The standard InChI is InChI=1S/C15H13ClN2O3/c16-9-5-2-1-4-8(9)15(21)18-7-3-6-10(18)11-12(17)14(20)13(11)19/h1-2,4-5,10H,3,6-7,17H2. The SMILES string of the molecule is Nc1c(C2CCCN2C(=O)c2ccccc2Cl)c(=O)c1=O. The summed E-state index contributed by atoms with van der Waals surface area (Å²) < 4.78 is 0. The summed E-state index contributed by atoms with van der Waals surface area (Å²) in [6.07, 6.45) is 1.39. The van der Waals surface area contributed by atoms with Crippen molar-refractivity contribution in [2.45, 2.75) is 18.9 Å². The Bertz CT molecular complexity index is 792. The Morgan fingerprint density at radius 3 is 2.62 bits per heavy atom. The van der Waals surface area contributed by atoms with Gasteiger partial charge in [0.05, 0.1) is 27.9 Å². The van der Waals surface area contributed by atoms with E-state index in [1.54, 1.807) is 29.2 Å². The molecule has 0 aromatic heterocycles. The van der Waals surface area contributed by atoms with E-state index in [1.807, 2.05) is 0 Å². The van der Waals surface area contributed by atoms with Gasteiger partial charge in [-0.1, -0.05) is 23.7 Å². The van der Waals surface area contributed by atoms with E-state index in [1.165, 1.54) is 0 Å². The van der Waals surface area contributed by atoms with E-state index in [0.29, 0.717) is 23.6 Å². The van der Waals surface area contributed by atoms with Crippen LogP contribution in [-0.2, 0) is 0 Å². The lowest BCUT2D eigenvalue weighted by molar-refractivity contribution is 0.0735. The minimum absolute atomic E-state index is 0.0103. The van der Waals surface area contributed by atoms with Gasteiger partial charge < -0.3 is 10.6 Å². The molecule has 1 atom stereocenters. The van der Waals surface area contributed by atoms with Crippen LogP contribution in [0, 0.1) is 0 Å². The van der Waals surface area contributed by atoms with Crippen LogP contribution in [0.3, 0.4) is 0 Å². The zero-order valence-electron chi connectivity index (χ0n) is 11.1. The molecule has 5 nitrogen and oxygen atoms in total. The van der Waals surface area contributed by atoms with Crippen molar-refractivity contribution in [1.82, 2.24) is 4.90 Å². The summed E-state index contributed by atoms with van der Waals surface area (Å²) in [7, 11) is 0. The average Bonchev–Trinajstić information content (AvgIpc) is 2.95. The Morgan fingerprint density at radius 1 is 1.24 bits per heavy atom. The fourth-order valence-electron chi connectivity index (χ4n) is 2.86. The van der Waals surface area contributed by atoms with Gasteiger partial charge in [0.15, 0.2) is 0 Å². The Labute approximate surface area is 125 Å². The van der Waals surface area contributed by atoms with Crippen molar-refractivity contribution in [2.75, 3.05) is 12.3 Å². The van der Waals surface area contributed by atoms with Gasteiger partial charge in [-0.2, -0.15) is 0 Å². The van der Waals surface area contributed by atoms with E-state index < -0.39 is 16.9 Å². The molecule has 21 heavy (non-hydrogen) atoms. The van der Waals surface area contributed by atoms with Crippen LogP contribution >= 0.6 is 11.6 Å². The number of nitrogen functional groups attached to an aromatic ring is 1. The Kier molecular flexibility index (Phi) is 3.29. The first kappa shape index (κ1) is 13.8. The molecule has 1 heterocycles. The number of carbonyl (C=O) groups is 1. The number of hydrogen-bond acceptors (Lipinski definition) is 4. The maximum atomic E-state index is 12.6. The van der Waals surface area contributed by atoms with E-state index in [-0.39, 0.29) is 17.2 Å². The summed E-state index contributed by atoms with van der Waals surface area (Å²) in [5.74, 6) is -0.240.